The molecule has 3 heterocycles. The molecular formula is C12H18O3. The van der Waals surface area contributed by atoms with Crippen molar-refractivity contribution < 1.29 is 14.2 Å². The molecule has 3 aliphatic heterocycles. The van der Waals surface area contributed by atoms with Gasteiger partial charge in [-0.2, -0.15) is 0 Å². The Morgan fingerprint density at radius 2 is 0.600 bits per heavy atom. The Balaban J connectivity index is 1.37. The summed E-state index contributed by atoms with van der Waals surface area (Å²) in [6, 6.07) is 0. The Kier molecular flexibility index (Phi) is 1.91. The van der Waals surface area contributed by atoms with Crippen LogP contribution in [0.4, 0.5) is 0 Å². The van der Waals surface area contributed by atoms with E-state index in [4.69, 9.17) is 14.2 Å². The Morgan fingerprint density at radius 1 is 0.400 bits per heavy atom. The number of hydrogen-bond donors (Lipinski definition) is 0. The quantitative estimate of drug-likeness (QED) is 0.570. The van der Waals surface area contributed by atoms with E-state index in [2.05, 4.69) is 0 Å². The van der Waals surface area contributed by atoms with Crippen molar-refractivity contribution in [2.45, 2.75) is 75.1 Å². The van der Waals surface area contributed by atoms with E-state index in [1.165, 1.54) is 38.5 Å². The highest BCUT2D eigenvalue weighted by atomic mass is 16.6. The fourth-order valence-electron chi connectivity index (χ4n) is 3.05. The van der Waals surface area contributed by atoms with Gasteiger partial charge in [-0.05, 0) is 38.5 Å². The van der Waals surface area contributed by atoms with Crippen LogP contribution in [0.25, 0.3) is 0 Å². The first-order valence-corrected chi connectivity index (χ1v) is 6.36. The van der Waals surface area contributed by atoms with Crippen molar-refractivity contribution in [2.75, 3.05) is 0 Å². The summed E-state index contributed by atoms with van der Waals surface area (Å²) >= 11 is 0. The number of fused-ring (bicyclic) bond motifs is 3. The standard InChI is InChI=1S/C12H18O3/c1-2-8-10(14-8)5-6-12-11(15-12)4-3-9-7(1)13-9/h7-12H,1-6H2. The number of rotatable bonds is 0. The average Bonchev–Trinajstić information content (AvgIpc) is 3.03. The van der Waals surface area contributed by atoms with Gasteiger partial charge in [0, 0.05) is 0 Å². The second-order valence-electron chi connectivity index (χ2n) is 5.37. The largest absolute Gasteiger partial charge is 0.370 e. The maximum atomic E-state index is 5.65. The zero-order chi connectivity index (χ0) is 9.83. The molecule has 0 radical (unpaired) electrons. The Morgan fingerprint density at radius 3 is 0.800 bits per heavy atom. The van der Waals surface area contributed by atoms with Crippen molar-refractivity contribution in [2.24, 2.45) is 0 Å². The fraction of sp³-hybridized carbons (Fsp3) is 1.00. The normalized spacial score (nSPS) is 57.6. The van der Waals surface area contributed by atoms with Crippen molar-refractivity contribution in [3.8, 4) is 0 Å². The van der Waals surface area contributed by atoms with Gasteiger partial charge in [0.2, 0.25) is 0 Å². The third-order valence-electron chi connectivity index (χ3n) is 4.27. The summed E-state index contributed by atoms with van der Waals surface area (Å²) in [5.41, 5.74) is 0. The molecule has 0 aromatic heterocycles. The molecule has 4 rings (SSSR count). The summed E-state index contributed by atoms with van der Waals surface area (Å²) in [5, 5.41) is 0. The zero-order valence-electron chi connectivity index (χ0n) is 8.93. The van der Waals surface area contributed by atoms with E-state index < -0.39 is 0 Å². The lowest BCUT2D eigenvalue weighted by Crippen LogP contribution is -2.04. The highest BCUT2D eigenvalue weighted by molar-refractivity contribution is 4.95. The lowest BCUT2D eigenvalue weighted by molar-refractivity contribution is 0.326. The molecule has 4 fully saturated rings. The van der Waals surface area contributed by atoms with Crippen LogP contribution in [-0.2, 0) is 14.2 Å². The van der Waals surface area contributed by atoms with Crippen molar-refractivity contribution in [3.63, 3.8) is 0 Å². The summed E-state index contributed by atoms with van der Waals surface area (Å²) < 4.78 is 17.0. The van der Waals surface area contributed by atoms with E-state index in [1.54, 1.807) is 0 Å². The summed E-state index contributed by atoms with van der Waals surface area (Å²) in [5.74, 6) is 0. The molecule has 0 amide bonds. The van der Waals surface area contributed by atoms with E-state index in [-0.39, 0.29) is 0 Å². The van der Waals surface area contributed by atoms with Crippen LogP contribution in [0.15, 0.2) is 0 Å². The molecule has 3 nitrogen and oxygen atoms in total. The SMILES string of the molecule is C1CC2OC2CCC2OC2CCC2OC12. The van der Waals surface area contributed by atoms with Gasteiger partial charge in [-0.25, -0.2) is 0 Å². The van der Waals surface area contributed by atoms with Gasteiger partial charge in [-0.1, -0.05) is 0 Å². The number of hydrogen-bond acceptors (Lipinski definition) is 3. The molecule has 0 aromatic rings. The Hall–Kier alpha value is -0.120. The van der Waals surface area contributed by atoms with Crippen LogP contribution in [0.1, 0.15) is 38.5 Å². The van der Waals surface area contributed by atoms with Crippen LogP contribution in [-0.4, -0.2) is 36.6 Å². The van der Waals surface area contributed by atoms with E-state index in [1.807, 2.05) is 0 Å². The molecule has 6 unspecified atom stereocenters. The molecule has 15 heavy (non-hydrogen) atoms. The molecule has 1 saturated carbocycles. The molecule has 1 aliphatic carbocycles. The predicted octanol–water partition coefficient (Wildman–Crippen LogP) is 1.64. The van der Waals surface area contributed by atoms with E-state index >= 15 is 0 Å². The van der Waals surface area contributed by atoms with E-state index in [0.717, 1.165) is 0 Å². The molecule has 0 spiro atoms. The second kappa shape index (κ2) is 3.19. The highest BCUT2D eigenvalue weighted by Gasteiger charge is 2.47. The number of epoxide rings is 3. The van der Waals surface area contributed by atoms with Crippen molar-refractivity contribution in [3.05, 3.63) is 0 Å². The third-order valence-corrected chi connectivity index (χ3v) is 4.27. The van der Waals surface area contributed by atoms with Crippen LogP contribution in [0.3, 0.4) is 0 Å². The van der Waals surface area contributed by atoms with Gasteiger partial charge < -0.3 is 14.2 Å². The average molecular weight is 210 g/mol. The third kappa shape index (κ3) is 1.81. The molecule has 0 N–H and O–H groups in total. The van der Waals surface area contributed by atoms with E-state index in [9.17, 15) is 0 Å². The molecule has 3 saturated heterocycles. The Bertz CT molecular complexity index is 201. The Labute approximate surface area is 90.1 Å². The first kappa shape index (κ1) is 8.97. The molecule has 3 heteroatoms. The topological polar surface area (TPSA) is 37.6 Å². The van der Waals surface area contributed by atoms with E-state index in [0.29, 0.717) is 36.6 Å². The minimum absolute atomic E-state index is 0.548. The number of ether oxygens (including phenoxy) is 3. The smallest absolute Gasteiger partial charge is 0.0842 e. The molecule has 0 bridgehead atoms. The van der Waals surface area contributed by atoms with Crippen molar-refractivity contribution in [1.82, 2.24) is 0 Å². The van der Waals surface area contributed by atoms with Crippen LogP contribution < -0.4 is 0 Å². The molecule has 4 aliphatic rings. The lowest BCUT2D eigenvalue weighted by Gasteiger charge is -1.97. The maximum Gasteiger partial charge on any atom is 0.0842 e. The monoisotopic (exact) mass is 210 g/mol. The molecule has 6 atom stereocenters. The lowest BCUT2D eigenvalue weighted by atomic mass is 10.0. The van der Waals surface area contributed by atoms with Crippen LogP contribution >= 0.6 is 0 Å². The maximum absolute atomic E-state index is 5.65. The first-order valence-electron chi connectivity index (χ1n) is 6.36. The minimum Gasteiger partial charge on any atom is -0.370 e. The van der Waals surface area contributed by atoms with Gasteiger partial charge in [0.15, 0.2) is 0 Å². The first-order chi connectivity index (χ1) is 7.40. The molecule has 0 aromatic carbocycles. The van der Waals surface area contributed by atoms with Gasteiger partial charge in [-0.15, -0.1) is 0 Å². The second-order valence-corrected chi connectivity index (χ2v) is 5.37. The van der Waals surface area contributed by atoms with Crippen LogP contribution in [0.2, 0.25) is 0 Å². The zero-order valence-corrected chi connectivity index (χ0v) is 8.93. The van der Waals surface area contributed by atoms with Gasteiger partial charge in [0.05, 0.1) is 36.6 Å². The summed E-state index contributed by atoms with van der Waals surface area (Å²) in [7, 11) is 0. The summed E-state index contributed by atoms with van der Waals surface area (Å²) in [4.78, 5) is 0. The molecule has 84 valence electrons. The van der Waals surface area contributed by atoms with Crippen molar-refractivity contribution in [1.29, 1.82) is 0 Å². The van der Waals surface area contributed by atoms with Crippen molar-refractivity contribution >= 4 is 0 Å². The highest BCUT2D eigenvalue weighted by Crippen LogP contribution is 2.41. The minimum atomic E-state index is 0.548. The predicted molar refractivity (Wildman–Crippen MR) is 53.7 cm³/mol. The van der Waals surface area contributed by atoms with Gasteiger partial charge >= 0.3 is 0 Å². The summed E-state index contributed by atoms with van der Waals surface area (Å²) in [6.07, 6.45) is 10.5. The van der Waals surface area contributed by atoms with Gasteiger partial charge in [-0.3, -0.25) is 0 Å². The van der Waals surface area contributed by atoms with Gasteiger partial charge in [0.25, 0.3) is 0 Å². The van der Waals surface area contributed by atoms with Gasteiger partial charge in [0.1, 0.15) is 0 Å². The van der Waals surface area contributed by atoms with Crippen LogP contribution in [0, 0.1) is 0 Å². The van der Waals surface area contributed by atoms with Crippen LogP contribution in [0.5, 0.6) is 0 Å². The summed E-state index contributed by atoms with van der Waals surface area (Å²) in [6.45, 7) is 0. The fourth-order valence-corrected chi connectivity index (χ4v) is 3.05. The molecular weight excluding hydrogens is 192 g/mol.